The monoisotopic (exact) mass is 504 g/mol. The molecule has 0 radical (unpaired) electrons. The zero-order valence-corrected chi connectivity index (χ0v) is 20.6. The third-order valence-corrected chi connectivity index (χ3v) is 9.34. The van der Waals surface area contributed by atoms with Crippen molar-refractivity contribution in [2.45, 2.75) is 50.5 Å². The van der Waals surface area contributed by atoms with Gasteiger partial charge in [0, 0.05) is 37.0 Å². The number of primary amides is 1. The first-order valence-electron chi connectivity index (χ1n) is 11.3. The van der Waals surface area contributed by atoms with E-state index in [1.807, 2.05) is 0 Å². The fraction of sp³-hybridized carbons (Fsp3) is 0.435. The van der Waals surface area contributed by atoms with Crippen LogP contribution in [0, 0.1) is 0 Å². The highest BCUT2D eigenvalue weighted by molar-refractivity contribution is 7.89. The van der Waals surface area contributed by atoms with Crippen molar-refractivity contribution in [3.05, 3.63) is 45.8 Å². The molecule has 0 unspecified atom stereocenters. The van der Waals surface area contributed by atoms with Gasteiger partial charge in [0.05, 0.1) is 17.0 Å². The molecular formula is C23H28N4O5S2. The van der Waals surface area contributed by atoms with E-state index in [1.165, 1.54) is 46.8 Å². The normalized spacial score (nSPS) is 17.0. The molecule has 34 heavy (non-hydrogen) atoms. The molecule has 1 saturated heterocycles. The number of thiophene rings is 1. The third kappa shape index (κ3) is 4.86. The minimum absolute atomic E-state index is 0.0551. The Morgan fingerprint density at radius 1 is 1.00 bits per heavy atom. The molecule has 3 heterocycles. The van der Waals surface area contributed by atoms with Gasteiger partial charge < -0.3 is 16.0 Å². The Balaban J connectivity index is 1.53. The fourth-order valence-electron chi connectivity index (χ4n) is 4.41. The van der Waals surface area contributed by atoms with Crippen molar-refractivity contribution >= 4 is 44.1 Å². The Morgan fingerprint density at radius 2 is 1.65 bits per heavy atom. The number of carbonyl (C=O) groups is 3. The van der Waals surface area contributed by atoms with Gasteiger partial charge in [-0.1, -0.05) is 12.8 Å². The quantitative estimate of drug-likeness (QED) is 0.646. The summed E-state index contributed by atoms with van der Waals surface area (Å²) in [7, 11) is -3.61. The minimum Gasteiger partial charge on any atom is -0.365 e. The van der Waals surface area contributed by atoms with Crippen molar-refractivity contribution < 1.29 is 22.8 Å². The molecule has 1 fully saturated rings. The number of hydrogen-bond acceptors (Lipinski definition) is 6. The third-order valence-electron chi connectivity index (χ3n) is 6.29. The first-order chi connectivity index (χ1) is 16.2. The summed E-state index contributed by atoms with van der Waals surface area (Å²) in [5.74, 6) is -1.16. The lowest BCUT2D eigenvalue weighted by Crippen LogP contribution is -2.34. The number of nitrogens with one attached hydrogen (secondary N) is 1. The largest absolute Gasteiger partial charge is 0.365 e. The Hall–Kier alpha value is -2.76. The molecule has 0 spiro atoms. The first kappa shape index (κ1) is 24.4. The van der Waals surface area contributed by atoms with E-state index in [9.17, 15) is 22.8 Å². The molecule has 3 N–H and O–H groups in total. The van der Waals surface area contributed by atoms with Crippen molar-refractivity contribution in [2.24, 2.45) is 5.73 Å². The number of rotatable bonds is 5. The standard InChI is InChI=1S/C23H28N4O5S2/c1-15(28)26-13-10-18-19(14-26)33-23(20(18)21(24)29)25-22(30)16-6-8-17(9-7-16)34(31,32)27-11-4-2-3-5-12-27/h6-9H,2-5,10-14H2,1H3,(H2,24,29)(H,25,30). The van der Waals surface area contributed by atoms with Gasteiger partial charge >= 0.3 is 0 Å². The Kier molecular flexibility index (Phi) is 7.06. The van der Waals surface area contributed by atoms with Gasteiger partial charge in [-0.15, -0.1) is 11.3 Å². The minimum atomic E-state index is -3.61. The number of nitrogens with two attached hydrogens (primary N) is 1. The second-order valence-electron chi connectivity index (χ2n) is 8.56. The van der Waals surface area contributed by atoms with Crippen LogP contribution in [0.3, 0.4) is 0 Å². The summed E-state index contributed by atoms with van der Waals surface area (Å²) in [4.78, 5) is 39.4. The number of benzene rings is 1. The number of amides is 3. The summed E-state index contributed by atoms with van der Waals surface area (Å²) in [5, 5.41) is 3.10. The van der Waals surface area contributed by atoms with E-state index in [4.69, 9.17) is 5.73 Å². The zero-order valence-electron chi connectivity index (χ0n) is 19.0. The Morgan fingerprint density at radius 3 is 2.24 bits per heavy atom. The van der Waals surface area contributed by atoms with E-state index in [0.717, 1.165) is 36.1 Å². The molecule has 11 heteroatoms. The molecule has 0 saturated carbocycles. The van der Waals surface area contributed by atoms with Gasteiger partial charge in [0.2, 0.25) is 15.9 Å². The summed E-state index contributed by atoms with van der Waals surface area (Å²) in [6.07, 6.45) is 4.23. The Bertz CT molecular complexity index is 1210. The molecule has 2 aliphatic rings. The van der Waals surface area contributed by atoms with Gasteiger partial charge in [0.1, 0.15) is 5.00 Å². The second-order valence-corrected chi connectivity index (χ2v) is 11.6. The zero-order chi connectivity index (χ0) is 24.5. The molecule has 0 atom stereocenters. The van der Waals surface area contributed by atoms with Crippen LogP contribution in [0.1, 0.15) is 63.8 Å². The van der Waals surface area contributed by atoms with Crippen LogP contribution in [0.2, 0.25) is 0 Å². The van der Waals surface area contributed by atoms with Crippen molar-refractivity contribution in [1.29, 1.82) is 0 Å². The van der Waals surface area contributed by atoms with Crippen LogP contribution in [-0.4, -0.2) is 55.0 Å². The average molecular weight is 505 g/mol. The van der Waals surface area contributed by atoms with E-state index in [2.05, 4.69) is 5.32 Å². The van der Waals surface area contributed by atoms with Crippen LogP contribution in [0.5, 0.6) is 0 Å². The molecule has 4 rings (SSSR count). The van der Waals surface area contributed by atoms with Crippen molar-refractivity contribution in [3.8, 4) is 0 Å². The predicted octanol–water partition coefficient (Wildman–Crippen LogP) is 2.57. The van der Waals surface area contributed by atoms with Crippen LogP contribution in [-0.2, 0) is 27.8 Å². The highest BCUT2D eigenvalue weighted by Crippen LogP contribution is 2.37. The predicted molar refractivity (Wildman–Crippen MR) is 129 cm³/mol. The number of fused-ring (bicyclic) bond motifs is 1. The van der Waals surface area contributed by atoms with E-state index in [1.54, 1.807) is 4.90 Å². The number of nitrogens with zero attached hydrogens (tertiary/aromatic N) is 2. The highest BCUT2D eigenvalue weighted by atomic mass is 32.2. The molecule has 2 aromatic rings. The van der Waals surface area contributed by atoms with Crippen LogP contribution in [0.15, 0.2) is 29.2 Å². The SMILES string of the molecule is CC(=O)N1CCc2c(sc(NC(=O)c3ccc(S(=O)(=O)N4CCCCCC4)cc3)c2C(N)=O)C1. The van der Waals surface area contributed by atoms with E-state index < -0.39 is 21.8 Å². The molecule has 1 aromatic heterocycles. The molecular weight excluding hydrogens is 476 g/mol. The van der Waals surface area contributed by atoms with Gasteiger partial charge in [-0.2, -0.15) is 4.31 Å². The number of carbonyl (C=O) groups excluding carboxylic acids is 3. The lowest BCUT2D eigenvalue weighted by atomic mass is 10.0. The highest BCUT2D eigenvalue weighted by Gasteiger charge is 2.29. The number of anilines is 1. The summed E-state index contributed by atoms with van der Waals surface area (Å²) in [6.45, 7) is 3.36. The topological polar surface area (TPSA) is 130 Å². The second kappa shape index (κ2) is 9.85. The average Bonchev–Trinajstić information content (AvgIpc) is 2.96. The molecule has 0 aliphatic carbocycles. The maximum Gasteiger partial charge on any atom is 0.256 e. The van der Waals surface area contributed by atoms with Crippen LogP contribution in [0.4, 0.5) is 5.00 Å². The van der Waals surface area contributed by atoms with E-state index >= 15 is 0 Å². The van der Waals surface area contributed by atoms with Crippen LogP contribution >= 0.6 is 11.3 Å². The summed E-state index contributed by atoms with van der Waals surface area (Å²) >= 11 is 1.23. The molecule has 1 aromatic carbocycles. The van der Waals surface area contributed by atoms with Crippen molar-refractivity contribution in [1.82, 2.24) is 9.21 Å². The molecule has 0 bridgehead atoms. The number of hydrogen-bond donors (Lipinski definition) is 2. The van der Waals surface area contributed by atoms with Gasteiger partial charge in [-0.25, -0.2) is 8.42 Å². The molecule has 3 amide bonds. The number of sulfonamides is 1. The van der Waals surface area contributed by atoms with Gasteiger partial charge in [-0.3, -0.25) is 14.4 Å². The summed E-state index contributed by atoms with van der Waals surface area (Å²) in [6, 6.07) is 5.81. The van der Waals surface area contributed by atoms with E-state index in [-0.39, 0.29) is 21.9 Å². The van der Waals surface area contributed by atoms with Gasteiger partial charge in [0.15, 0.2) is 0 Å². The summed E-state index contributed by atoms with van der Waals surface area (Å²) in [5.41, 5.74) is 6.91. The molecule has 182 valence electrons. The van der Waals surface area contributed by atoms with Crippen LogP contribution in [0.25, 0.3) is 0 Å². The lowest BCUT2D eigenvalue weighted by Gasteiger charge is -2.25. The van der Waals surface area contributed by atoms with Crippen LogP contribution < -0.4 is 11.1 Å². The molecule has 2 aliphatic heterocycles. The maximum atomic E-state index is 13.0. The lowest BCUT2D eigenvalue weighted by molar-refractivity contribution is -0.129. The summed E-state index contributed by atoms with van der Waals surface area (Å²) < 4.78 is 27.4. The fourth-order valence-corrected chi connectivity index (χ4v) is 7.19. The van der Waals surface area contributed by atoms with Crippen molar-refractivity contribution in [2.75, 3.05) is 25.0 Å². The molecule has 9 nitrogen and oxygen atoms in total. The first-order valence-corrected chi connectivity index (χ1v) is 13.6. The van der Waals surface area contributed by atoms with Gasteiger partial charge in [-0.05, 0) is 49.1 Å². The Labute approximate surface area is 203 Å². The van der Waals surface area contributed by atoms with Gasteiger partial charge in [0.25, 0.3) is 11.8 Å². The smallest absolute Gasteiger partial charge is 0.256 e. The van der Waals surface area contributed by atoms with E-state index in [0.29, 0.717) is 37.6 Å². The maximum absolute atomic E-state index is 13.0. The van der Waals surface area contributed by atoms with Crippen molar-refractivity contribution in [3.63, 3.8) is 0 Å².